The van der Waals surface area contributed by atoms with Gasteiger partial charge in [0.1, 0.15) is 0 Å². The topological polar surface area (TPSA) is 80.0 Å². The molecule has 2 heterocycles. The largest absolute Gasteiger partial charge is 0.393 e. The van der Waals surface area contributed by atoms with Crippen LogP contribution in [-0.2, 0) is 7.05 Å². The number of aliphatic hydroxyl groups excluding tert-OH is 1. The summed E-state index contributed by atoms with van der Waals surface area (Å²) in [4.78, 5) is 17.2. The fraction of sp³-hybridized carbons (Fsp3) is 0.316. The number of benzene rings is 1. The minimum Gasteiger partial charge on any atom is -0.393 e. The lowest BCUT2D eigenvalue weighted by molar-refractivity contribution is 0.0234. The van der Waals surface area contributed by atoms with E-state index >= 15 is 0 Å². The molecule has 1 fully saturated rings. The molecule has 2 N–H and O–H groups in total. The van der Waals surface area contributed by atoms with Gasteiger partial charge in [-0.2, -0.15) is 5.10 Å². The van der Waals surface area contributed by atoms with E-state index in [9.17, 15) is 9.90 Å². The van der Waals surface area contributed by atoms with Crippen molar-refractivity contribution in [3.63, 3.8) is 0 Å². The fourth-order valence-corrected chi connectivity index (χ4v) is 3.72. The molecular weight excluding hydrogens is 352 g/mol. The molecule has 0 aliphatic heterocycles. The third-order valence-corrected chi connectivity index (χ3v) is 5.15. The smallest absolute Gasteiger partial charge is 0.273 e. The quantitative estimate of drug-likeness (QED) is 0.740. The number of hydrogen-bond acceptors (Lipinski definition) is 4. The van der Waals surface area contributed by atoms with Crippen LogP contribution < -0.4 is 5.32 Å². The third-order valence-electron chi connectivity index (χ3n) is 4.88. The zero-order valence-electron chi connectivity index (χ0n) is 14.3. The molecule has 0 saturated heterocycles. The standard InChI is InChI=1S/C19H19ClN4O2/c1-24-10-15(20)18(23-24)19(26)22-17(12-7-14(25)8-12)13-6-11-4-2-3-5-16(11)21-9-13/h2-6,9-10,12,14,17,25H,7-8H2,1H3,(H,22,26)/t12?,14?,17-/m1/s1. The van der Waals surface area contributed by atoms with E-state index in [1.165, 1.54) is 4.68 Å². The number of amides is 1. The molecule has 7 heteroatoms. The number of aryl methyl sites for hydroxylation is 1. The maximum Gasteiger partial charge on any atom is 0.273 e. The van der Waals surface area contributed by atoms with Gasteiger partial charge >= 0.3 is 0 Å². The Kier molecular flexibility index (Phi) is 4.38. The minimum absolute atomic E-state index is 0.152. The van der Waals surface area contributed by atoms with E-state index in [0.717, 1.165) is 16.5 Å². The zero-order chi connectivity index (χ0) is 18.3. The Hall–Kier alpha value is -2.44. The van der Waals surface area contributed by atoms with E-state index in [1.54, 1.807) is 19.4 Å². The molecule has 3 aromatic rings. The van der Waals surface area contributed by atoms with Gasteiger partial charge in [0.2, 0.25) is 0 Å². The molecule has 1 aliphatic carbocycles. The highest BCUT2D eigenvalue weighted by molar-refractivity contribution is 6.33. The number of carbonyl (C=O) groups is 1. The van der Waals surface area contributed by atoms with Gasteiger partial charge < -0.3 is 10.4 Å². The van der Waals surface area contributed by atoms with Crippen LogP contribution >= 0.6 is 11.6 Å². The van der Waals surface area contributed by atoms with Gasteiger partial charge in [-0.1, -0.05) is 29.8 Å². The highest BCUT2D eigenvalue weighted by Gasteiger charge is 2.36. The summed E-state index contributed by atoms with van der Waals surface area (Å²) in [7, 11) is 1.72. The van der Waals surface area contributed by atoms with Crippen molar-refractivity contribution in [2.45, 2.75) is 25.0 Å². The highest BCUT2D eigenvalue weighted by Crippen LogP contribution is 2.38. The number of nitrogens with one attached hydrogen (secondary N) is 1. The van der Waals surface area contributed by atoms with E-state index in [4.69, 9.17) is 11.6 Å². The maximum atomic E-state index is 12.7. The van der Waals surface area contributed by atoms with Crippen molar-refractivity contribution in [2.75, 3.05) is 0 Å². The summed E-state index contributed by atoms with van der Waals surface area (Å²) in [6, 6.07) is 9.64. The van der Waals surface area contributed by atoms with Gasteiger partial charge in [0.15, 0.2) is 5.69 Å². The first kappa shape index (κ1) is 17.0. The molecule has 0 unspecified atom stereocenters. The number of hydrogen-bond donors (Lipinski definition) is 2. The average molecular weight is 371 g/mol. The van der Waals surface area contributed by atoms with Crippen LogP contribution in [0.15, 0.2) is 42.7 Å². The first-order valence-electron chi connectivity index (χ1n) is 8.54. The predicted octanol–water partition coefficient (Wildman–Crippen LogP) is 2.86. The van der Waals surface area contributed by atoms with Crippen molar-refractivity contribution in [2.24, 2.45) is 13.0 Å². The first-order valence-corrected chi connectivity index (χ1v) is 8.92. The number of nitrogens with zero attached hydrogens (tertiary/aromatic N) is 3. The monoisotopic (exact) mass is 370 g/mol. The van der Waals surface area contributed by atoms with E-state index in [0.29, 0.717) is 17.9 Å². The Morgan fingerprint density at radius 1 is 1.38 bits per heavy atom. The summed E-state index contributed by atoms with van der Waals surface area (Å²) in [6.45, 7) is 0. The van der Waals surface area contributed by atoms with Gasteiger partial charge in [0.05, 0.1) is 22.7 Å². The Labute approximate surface area is 155 Å². The Bertz CT molecular complexity index is 965. The summed E-state index contributed by atoms with van der Waals surface area (Å²) in [5.41, 5.74) is 2.02. The molecule has 2 aromatic heterocycles. The van der Waals surface area contributed by atoms with Gasteiger partial charge in [-0.25, -0.2) is 0 Å². The van der Waals surface area contributed by atoms with Crippen LogP contribution in [0.5, 0.6) is 0 Å². The highest BCUT2D eigenvalue weighted by atomic mass is 35.5. The number of halogens is 1. The van der Waals surface area contributed by atoms with Gasteiger partial charge in [-0.15, -0.1) is 0 Å². The van der Waals surface area contributed by atoms with Crippen LogP contribution in [-0.4, -0.2) is 31.9 Å². The van der Waals surface area contributed by atoms with Crippen molar-refractivity contribution in [3.8, 4) is 0 Å². The number of rotatable bonds is 4. The number of pyridine rings is 1. The van der Waals surface area contributed by atoms with Crippen LogP contribution in [0, 0.1) is 5.92 Å². The second kappa shape index (κ2) is 6.70. The molecule has 1 amide bonds. The molecule has 1 aliphatic rings. The number of aliphatic hydroxyl groups is 1. The van der Waals surface area contributed by atoms with Crippen LogP contribution in [0.4, 0.5) is 0 Å². The van der Waals surface area contributed by atoms with Crippen LogP contribution in [0.25, 0.3) is 10.9 Å². The lowest BCUT2D eigenvalue weighted by Gasteiger charge is -2.38. The molecule has 134 valence electrons. The summed E-state index contributed by atoms with van der Waals surface area (Å²) >= 11 is 6.10. The van der Waals surface area contributed by atoms with Crippen molar-refractivity contribution < 1.29 is 9.90 Å². The van der Waals surface area contributed by atoms with Crippen molar-refractivity contribution in [3.05, 3.63) is 59.0 Å². The third kappa shape index (κ3) is 3.18. The molecule has 1 saturated carbocycles. The van der Waals surface area contributed by atoms with Gasteiger partial charge in [-0.3, -0.25) is 14.5 Å². The maximum absolute atomic E-state index is 12.7. The van der Waals surface area contributed by atoms with Crippen LogP contribution in [0.1, 0.15) is 34.9 Å². The number of carbonyl (C=O) groups excluding carboxylic acids is 1. The second-order valence-electron chi connectivity index (χ2n) is 6.80. The molecule has 0 bridgehead atoms. The summed E-state index contributed by atoms with van der Waals surface area (Å²) in [6.07, 6.45) is 4.36. The fourth-order valence-electron chi connectivity index (χ4n) is 3.46. The normalized spacial score (nSPS) is 20.6. The Balaban J connectivity index is 1.65. The first-order chi connectivity index (χ1) is 12.5. The van der Waals surface area contributed by atoms with E-state index < -0.39 is 0 Å². The lowest BCUT2D eigenvalue weighted by atomic mass is 9.75. The van der Waals surface area contributed by atoms with Crippen molar-refractivity contribution >= 4 is 28.4 Å². The molecule has 26 heavy (non-hydrogen) atoms. The van der Waals surface area contributed by atoms with Crippen LogP contribution in [0.2, 0.25) is 5.02 Å². The minimum atomic E-state index is -0.324. The molecule has 0 radical (unpaired) electrons. The molecular formula is C19H19ClN4O2. The second-order valence-corrected chi connectivity index (χ2v) is 7.20. The molecule has 6 nitrogen and oxygen atoms in total. The van der Waals surface area contributed by atoms with Crippen molar-refractivity contribution in [1.82, 2.24) is 20.1 Å². The van der Waals surface area contributed by atoms with Crippen molar-refractivity contribution in [1.29, 1.82) is 0 Å². The zero-order valence-corrected chi connectivity index (χ0v) is 15.0. The van der Waals surface area contributed by atoms with Gasteiger partial charge in [0.25, 0.3) is 5.91 Å². The molecule has 0 spiro atoms. The van der Waals surface area contributed by atoms with Gasteiger partial charge in [-0.05, 0) is 36.5 Å². The summed E-state index contributed by atoms with van der Waals surface area (Å²) < 4.78 is 1.51. The lowest BCUT2D eigenvalue weighted by Crippen LogP contribution is -2.41. The molecule has 1 aromatic carbocycles. The van der Waals surface area contributed by atoms with Gasteiger partial charge in [0, 0.05) is 24.8 Å². The summed E-state index contributed by atoms with van der Waals surface area (Å²) in [5, 5.41) is 18.2. The Morgan fingerprint density at radius 2 is 2.15 bits per heavy atom. The van der Waals surface area contributed by atoms with Crippen LogP contribution in [0.3, 0.4) is 0 Å². The summed E-state index contributed by atoms with van der Waals surface area (Å²) in [5.74, 6) is -0.172. The number of aromatic nitrogens is 3. The molecule has 4 rings (SSSR count). The van der Waals surface area contributed by atoms with E-state index in [2.05, 4.69) is 15.4 Å². The van der Waals surface area contributed by atoms with E-state index in [1.807, 2.05) is 30.3 Å². The van der Waals surface area contributed by atoms with E-state index in [-0.39, 0.29) is 29.7 Å². The average Bonchev–Trinajstić information content (AvgIpc) is 2.95. The Morgan fingerprint density at radius 3 is 2.85 bits per heavy atom. The predicted molar refractivity (Wildman–Crippen MR) is 98.9 cm³/mol. The number of fused-ring (bicyclic) bond motifs is 1. The number of para-hydroxylation sites is 1. The molecule has 1 atom stereocenters. The SMILES string of the molecule is Cn1cc(Cl)c(C(=O)N[C@@H](c2cnc3ccccc3c2)C2CC(O)C2)n1.